The van der Waals surface area contributed by atoms with Gasteiger partial charge in [-0.3, -0.25) is 4.79 Å². The fourth-order valence-corrected chi connectivity index (χ4v) is 3.36. The molecule has 0 aliphatic rings. The Hall–Kier alpha value is -1.81. The summed E-state index contributed by atoms with van der Waals surface area (Å²) in [4.78, 5) is 15.7. The average Bonchev–Trinajstić information content (AvgIpc) is 2.97. The zero-order valence-corrected chi connectivity index (χ0v) is 13.3. The van der Waals surface area contributed by atoms with Crippen molar-refractivity contribution in [3.05, 3.63) is 52.2 Å². The number of para-hydroxylation sites is 1. The lowest BCUT2D eigenvalue weighted by Gasteiger charge is -2.30. The van der Waals surface area contributed by atoms with Crippen molar-refractivity contribution in [2.24, 2.45) is 0 Å². The van der Waals surface area contributed by atoms with Gasteiger partial charge in [0.2, 0.25) is 0 Å². The van der Waals surface area contributed by atoms with Crippen LogP contribution in [0.1, 0.15) is 36.1 Å². The fourth-order valence-electron chi connectivity index (χ4n) is 2.34. The summed E-state index contributed by atoms with van der Waals surface area (Å²) < 4.78 is 0. The number of rotatable bonds is 7. The third-order valence-electron chi connectivity index (χ3n) is 3.56. The van der Waals surface area contributed by atoms with Gasteiger partial charge in [0, 0.05) is 22.0 Å². The number of hydrogen-bond donors (Lipinski definition) is 1. The number of hydrogen-bond acceptors (Lipinski definition) is 3. The summed E-state index contributed by atoms with van der Waals surface area (Å²) in [5.74, 6) is -0.761. The SMILES string of the molecule is CCc1ccc(C(C)N(CCC(=O)O)c2ccccc2)s1. The third kappa shape index (κ3) is 4.08. The monoisotopic (exact) mass is 303 g/mol. The largest absolute Gasteiger partial charge is 0.481 e. The molecule has 1 aromatic carbocycles. The number of thiophene rings is 1. The zero-order chi connectivity index (χ0) is 15.2. The van der Waals surface area contributed by atoms with Gasteiger partial charge in [-0.25, -0.2) is 0 Å². The van der Waals surface area contributed by atoms with Crippen LogP contribution < -0.4 is 4.90 Å². The number of carboxylic acid groups (broad SMARTS) is 1. The Balaban J connectivity index is 2.23. The molecular formula is C17H21NO2S. The second-order valence-corrected chi connectivity index (χ2v) is 6.21. The maximum atomic E-state index is 10.9. The Morgan fingerprint density at radius 1 is 1.24 bits per heavy atom. The highest BCUT2D eigenvalue weighted by molar-refractivity contribution is 7.12. The minimum Gasteiger partial charge on any atom is -0.481 e. The Kier molecular flexibility index (Phi) is 5.39. The van der Waals surface area contributed by atoms with Crippen LogP contribution in [-0.2, 0) is 11.2 Å². The topological polar surface area (TPSA) is 40.5 Å². The summed E-state index contributed by atoms with van der Waals surface area (Å²) >= 11 is 1.81. The first-order valence-corrected chi connectivity index (χ1v) is 8.05. The van der Waals surface area contributed by atoms with Gasteiger partial charge in [-0.1, -0.05) is 25.1 Å². The van der Waals surface area contributed by atoms with Crippen molar-refractivity contribution in [3.8, 4) is 0 Å². The van der Waals surface area contributed by atoms with Crippen molar-refractivity contribution >= 4 is 23.0 Å². The summed E-state index contributed by atoms with van der Waals surface area (Å²) in [6.45, 7) is 4.81. The average molecular weight is 303 g/mol. The van der Waals surface area contributed by atoms with E-state index in [1.807, 2.05) is 41.7 Å². The van der Waals surface area contributed by atoms with Gasteiger partial charge in [-0.05, 0) is 37.6 Å². The first kappa shape index (κ1) is 15.6. The molecule has 3 nitrogen and oxygen atoms in total. The molecule has 0 saturated heterocycles. The maximum absolute atomic E-state index is 10.9. The van der Waals surface area contributed by atoms with E-state index in [4.69, 9.17) is 5.11 Å². The van der Waals surface area contributed by atoms with Crippen LogP contribution in [0.5, 0.6) is 0 Å². The molecule has 0 aliphatic heterocycles. The van der Waals surface area contributed by atoms with Crippen LogP contribution in [-0.4, -0.2) is 17.6 Å². The number of nitrogens with zero attached hydrogens (tertiary/aromatic N) is 1. The maximum Gasteiger partial charge on any atom is 0.305 e. The molecule has 1 unspecified atom stereocenters. The van der Waals surface area contributed by atoms with Crippen molar-refractivity contribution in [1.82, 2.24) is 0 Å². The molecule has 0 aliphatic carbocycles. The number of benzene rings is 1. The molecule has 1 atom stereocenters. The lowest BCUT2D eigenvalue weighted by atomic mass is 10.1. The fraction of sp³-hybridized carbons (Fsp3) is 0.353. The molecule has 0 fully saturated rings. The van der Waals surface area contributed by atoms with E-state index in [1.54, 1.807) is 0 Å². The van der Waals surface area contributed by atoms with E-state index in [0.29, 0.717) is 6.54 Å². The molecule has 1 heterocycles. The number of aliphatic carboxylic acids is 1. The second kappa shape index (κ2) is 7.27. The van der Waals surface area contributed by atoms with Crippen LogP contribution in [0.15, 0.2) is 42.5 Å². The van der Waals surface area contributed by atoms with E-state index in [-0.39, 0.29) is 12.5 Å². The molecule has 0 spiro atoms. The van der Waals surface area contributed by atoms with Crippen LogP contribution >= 0.6 is 11.3 Å². The van der Waals surface area contributed by atoms with E-state index in [0.717, 1.165) is 12.1 Å². The smallest absolute Gasteiger partial charge is 0.305 e. The molecule has 21 heavy (non-hydrogen) atoms. The van der Waals surface area contributed by atoms with Gasteiger partial charge in [-0.2, -0.15) is 0 Å². The van der Waals surface area contributed by atoms with E-state index in [2.05, 4.69) is 30.9 Å². The third-order valence-corrected chi connectivity index (χ3v) is 4.96. The van der Waals surface area contributed by atoms with Crippen LogP contribution in [0, 0.1) is 0 Å². The van der Waals surface area contributed by atoms with Crippen molar-refractivity contribution in [3.63, 3.8) is 0 Å². The van der Waals surface area contributed by atoms with Gasteiger partial charge < -0.3 is 10.0 Å². The van der Waals surface area contributed by atoms with Crippen molar-refractivity contribution in [1.29, 1.82) is 0 Å². The number of aryl methyl sites for hydroxylation is 1. The van der Waals surface area contributed by atoms with Crippen LogP contribution in [0.25, 0.3) is 0 Å². The minimum absolute atomic E-state index is 0.144. The normalized spacial score (nSPS) is 12.1. The van der Waals surface area contributed by atoms with Crippen LogP contribution in [0.3, 0.4) is 0 Å². The van der Waals surface area contributed by atoms with Gasteiger partial charge >= 0.3 is 5.97 Å². The molecule has 1 aromatic heterocycles. The van der Waals surface area contributed by atoms with E-state index in [9.17, 15) is 4.79 Å². The first-order chi connectivity index (χ1) is 10.1. The van der Waals surface area contributed by atoms with E-state index < -0.39 is 5.97 Å². The molecule has 4 heteroatoms. The highest BCUT2D eigenvalue weighted by Gasteiger charge is 2.18. The van der Waals surface area contributed by atoms with Crippen molar-refractivity contribution in [2.75, 3.05) is 11.4 Å². The second-order valence-electron chi connectivity index (χ2n) is 5.01. The highest BCUT2D eigenvalue weighted by Crippen LogP contribution is 2.31. The van der Waals surface area contributed by atoms with Crippen molar-refractivity contribution < 1.29 is 9.90 Å². The molecular weight excluding hydrogens is 282 g/mol. The molecule has 0 saturated carbocycles. The lowest BCUT2D eigenvalue weighted by Crippen LogP contribution is -2.28. The molecule has 0 amide bonds. The van der Waals surface area contributed by atoms with Crippen LogP contribution in [0.2, 0.25) is 0 Å². The van der Waals surface area contributed by atoms with Gasteiger partial charge in [0.15, 0.2) is 0 Å². The highest BCUT2D eigenvalue weighted by atomic mass is 32.1. The predicted octanol–water partition coefficient (Wildman–Crippen LogP) is 4.35. The summed E-state index contributed by atoms with van der Waals surface area (Å²) in [6.07, 6.45) is 1.18. The quantitative estimate of drug-likeness (QED) is 0.826. The van der Waals surface area contributed by atoms with Gasteiger partial charge in [-0.15, -0.1) is 11.3 Å². The molecule has 0 bridgehead atoms. The number of carbonyl (C=O) groups is 1. The van der Waals surface area contributed by atoms with E-state index >= 15 is 0 Å². The van der Waals surface area contributed by atoms with Gasteiger partial charge in [0.25, 0.3) is 0 Å². The summed E-state index contributed by atoms with van der Waals surface area (Å²) in [6, 6.07) is 14.5. The Labute approximate surface area is 129 Å². The first-order valence-electron chi connectivity index (χ1n) is 7.24. The Bertz CT molecular complexity index is 579. The standard InChI is InChI=1S/C17H21NO2S/c1-3-15-9-10-16(21-15)13(2)18(12-11-17(19)20)14-7-5-4-6-8-14/h4-10,13H,3,11-12H2,1-2H3,(H,19,20). The van der Waals surface area contributed by atoms with Gasteiger partial charge in [0.05, 0.1) is 12.5 Å². The summed E-state index contributed by atoms with van der Waals surface area (Å²) in [7, 11) is 0. The molecule has 112 valence electrons. The molecule has 2 aromatic rings. The lowest BCUT2D eigenvalue weighted by molar-refractivity contribution is -0.136. The zero-order valence-electron chi connectivity index (χ0n) is 12.5. The van der Waals surface area contributed by atoms with E-state index in [1.165, 1.54) is 9.75 Å². The number of anilines is 1. The summed E-state index contributed by atoms with van der Waals surface area (Å²) in [5.41, 5.74) is 1.07. The number of carboxylic acids is 1. The van der Waals surface area contributed by atoms with Gasteiger partial charge in [0.1, 0.15) is 0 Å². The Morgan fingerprint density at radius 2 is 1.95 bits per heavy atom. The van der Waals surface area contributed by atoms with Crippen LogP contribution in [0.4, 0.5) is 5.69 Å². The summed E-state index contributed by atoms with van der Waals surface area (Å²) in [5, 5.41) is 8.98. The minimum atomic E-state index is -0.761. The molecule has 0 radical (unpaired) electrons. The van der Waals surface area contributed by atoms with Crippen molar-refractivity contribution in [2.45, 2.75) is 32.7 Å². The Morgan fingerprint density at radius 3 is 2.52 bits per heavy atom. The predicted molar refractivity (Wildman–Crippen MR) is 88.2 cm³/mol. The molecule has 2 rings (SSSR count). The molecule has 1 N–H and O–H groups in total.